The van der Waals surface area contributed by atoms with Crippen LogP contribution in [0.25, 0.3) is 11.0 Å². The lowest BCUT2D eigenvalue weighted by atomic mass is 10.0. The normalized spacial score (nSPS) is 17.0. The number of aromatic nitrogens is 2. The van der Waals surface area contributed by atoms with E-state index in [-0.39, 0.29) is 30.0 Å². The summed E-state index contributed by atoms with van der Waals surface area (Å²) >= 11 is 0. The zero-order valence-electron chi connectivity index (χ0n) is 13.2. The molecule has 126 valence electrons. The third-order valence-corrected chi connectivity index (χ3v) is 4.52. The molecule has 1 aliphatic rings. The quantitative estimate of drug-likeness (QED) is 0.892. The SMILES string of the molecule is CC[C@H](N)C(=O)N1CCC(n2c(=O)[nH]c3ccccc32)CC1.Cl. The van der Waals surface area contributed by atoms with Crippen LogP contribution in [0.5, 0.6) is 0 Å². The zero-order valence-corrected chi connectivity index (χ0v) is 14.0. The number of aromatic amines is 1. The number of piperidine rings is 1. The number of nitrogens with two attached hydrogens (primary N) is 1. The summed E-state index contributed by atoms with van der Waals surface area (Å²) < 4.78 is 1.83. The number of carbonyl (C=O) groups excluding carboxylic acids is 1. The van der Waals surface area contributed by atoms with E-state index in [9.17, 15) is 9.59 Å². The van der Waals surface area contributed by atoms with Crippen molar-refractivity contribution in [3.8, 4) is 0 Å². The van der Waals surface area contributed by atoms with Crippen LogP contribution >= 0.6 is 12.4 Å². The average Bonchev–Trinajstić information content (AvgIpc) is 2.89. The fraction of sp³-hybridized carbons (Fsp3) is 0.500. The van der Waals surface area contributed by atoms with Crippen LogP contribution in [0.1, 0.15) is 32.2 Å². The molecule has 1 aromatic heterocycles. The fourth-order valence-electron chi connectivity index (χ4n) is 3.19. The summed E-state index contributed by atoms with van der Waals surface area (Å²) in [6.45, 7) is 3.23. The Morgan fingerprint density at radius 1 is 1.35 bits per heavy atom. The number of imidazole rings is 1. The Morgan fingerprint density at radius 3 is 2.65 bits per heavy atom. The minimum Gasteiger partial charge on any atom is -0.341 e. The van der Waals surface area contributed by atoms with Crippen molar-refractivity contribution in [2.75, 3.05) is 13.1 Å². The second-order valence-corrected chi connectivity index (χ2v) is 5.89. The van der Waals surface area contributed by atoms with E-state index in [2.05, 4.69) is 4.98 Å². The van der Waals surface area contributed by atoms with E-state index >= 15 is 0 Å². The van der Waals surface area contributed by atoms with Crippen LogP contribution in [0.2, 0.25) is 0 Å². The summed E-state index contributed by atoms with van der Waals surface area (Å²) in [6.07, 6.45) is 2.22. The maximum Gasteiger partial charge on any atom is 0.326 e. The van der Waals surface area contributed by atoms with Gasteiger partial charge in [0.15, 0.2) is 0 Å². The number of amides is 1. The lowest BCUT2D eigenvalue weighted by molar-refractivity contribution is -0.133. The monoisotopic (exact) mass is 338 g/mol. The molecule has 0 unspecified atom stereocenters. The minimum atomic E-state index is -0.410. The van der Waals surface area contributed by atoms with Crippen LogP contribution < -0.4 is 11.4 Å². The fourth-order valence-corrected chi connectivity index (χ4v) is 3.19. The molecular formula is C16H23ClN4O2. The first-order chi connectivity index (χ1) is 10.6. The van der Waals surface area contributed by atoms with Gasteiger partial charge < -0.3 is 15.6 Å². The van der Waals surface area contributed by atoms with Crippen LogP contribution in [0.4, 0.5) is 0 Å². The summed E-state index contributed by atoms with van der Waals surface area (Å²) in [4.78, 5) is 29.1. The molecule has 1 amide bonds. The van der Waals surface area contributed by atoms with Gasteiger partial charge in [0.25, 0.3) is 0 Å². The largest absolute Gasteiger partial charge is 0.341 e. The Bertz CT molecular complexity index is 731. The molecule has 7 heteroatoms. The van der Waals surface area contributed by atoms with Crippen molar-refractivity contribution < 1.29 is 4.79 Å². The molecule has 0 aliphatic carbocycles. The van der Waals surface area contributed by atoms with Crippen LogP contribution in [0, 0.1) is 0 Å². The lowest BCUT2D eigenvalue weighted by Gasteiger charge is -2.33. The number of nitrogens with one attached hydrogen (secondary N) is 1. The van der Waals surface area contributed by atoms with Crippen molar-refractivity contribution in [1.29, 1.82) is 0 Å². The topological polar surface area (TPSA) is 84.1 Å². The van der Waals surface area contributed by atoms with Gasteiger partial charge in [-0.05, 0) is 31.4 Å². The van der Waals surface area contributed by atoms with Gasteiger partial charge in [0.05, 0.1) is 17.1 Å². The highest BCUT2D eigenvalue weighted by Gasteiger charge is 2.27. The summed E-state index contributed by atoms with van der Waals surface area (Å²) in [5.41, 5.74) is 7.54. The predicted molar refractivity (Wildman–Crippen MR) is 92.9 cm³/mol. The van der Waals surface area contributed by atoms with Crippen molar-refractivity contribution in [2.24, 2.45) is 5.73 Å². The van der Waals surface area contributed by atoms with E-state index in [1.165, 1.54) is 0 Å². The molecule has 1 aromatic carbocycles. The maximum atomic E-state index is 12.2. The lowest BCUT2D eigenvalue weighted by Crippen LogP contribution is -2.47. The number of fused-ring (bicyclic) bond motifs is 1. The standard InChI is InChI=1S/C16H22N4O2.ClH/c1-2-12(17)15(21)19-9-7-11(8-10-19)20-14-6-4-3-5-13(14)18-16(20)22;/h3-6,11-12H,2,7-10,17H2,1H3,(H,18,22);1H/t12-;/m0./s1. The first-order valence-corrected chi connectivity index (χ1v) is 7.85. The minimum absolute atomic E-state index is 0. The van der Waals surface area contributed by atoms with Crippen molar-refractivity contribution in [2.45, 2.75) is 38.3 Å². The van der Waals surface area contributed by atoms with E-state index in [1.807, 2.05) is 40.7 Å². The Kier molecular flexibility index (Phi) is 5.49. The van der Waals surface area contributed by atoms with Gasteiger partial charge in [0, 0.05) is 19.1 Å². The maximum absolute atomic E-state index is 12.2. The van der Waals surface area contributed by atoms with E-state index < -0.39 is 6.04 Å². The van der Waals surface area contributed by atoms with Crippen molar-refractivity contribution >= 4 is 29.3 Å². The molecule has 1 aliphatic heterocycles. The molecule has 2 heterocycles. The first-order valence-electron chi connectivity index (χ1n) is 7.85. The number of hydrogen-bond donors (Lipinski definition) is 2. The predicted octanol–water partition coefficient (Wildman–Crippen LogP) is 1.65. The van der Waals surface area contributed by atoms with E-state index in [1.54, 1.807) is 0 Å². The smallest absolute Gasteiger partial charge is 0.326 e. The average molecular weight is 339 g/mol. The highest BCUT2D eigenvalue weighted by molar-refractivity contribution is 5.85. The summed E-state index contributed by atoms with van der Waals surface area (Å²) in [7, 11) is 0. The Morgan fingerprint density at radius 2 is 2.00 bits per heavy atom. The first kappa shape index (κ1) is 17.6. The van der Waals surface area contributed by atoms with E-state index in [0.29, 0.717) is 19.5 Å². The third kappa shape index (κ3) is 3.28. The van der Waals surface area contributed by atoms with Crippen molar-refractivity contribution in [1.82, 2.24) is 14.5 Å². The number of rotatable bonds is 3. The highest BCUT2D eigenvalue weighted by Crippen LogP contribution is 2.25. The summed E-state index contributed by atoms with van der Waals surface area (Å²) in [6, 6.07) is 7.43. The van der Waals surface area contributed by atoms with Gasteiger partial charge in [-0.3, -0.25) is 9.36 Å². The van der Waals surface area contributed by atoms with Crippen LogP contribution in [0.3, 0.4) is 0 Å². The molecule has 3 rings (SSSR count). The molecule has 2 aromatic rings. The van der Waals surface area contributed by atoms with E-state index in [4.69, 9.17) is 5.73 Å². The van der Waals surface area contributed by atoms with Crippen LogP contribution in [-0.4, -0.2) is 39.5 Å². The van der Waals surface area contributed by atoms with Crippen LogP contribution in [-0.2, 0) is 4.79 Å². The Balaban J connectivity index is 0.00000192. The number of nitrogens with zero attached hydrogens (tertiary/aromatic N) is 2. The van der Waals surface area contributed by atoms with Gasteiger partial charge in [-0.25, -0.2) is 4.79 Å². The number of carbonyl (C=O) groups is 1. The number of H-pyrrole nitrogens is 1. The van der Waals surface area contributed by atoms with Gasteiger partial charge in [-0.15, -0.1) is 12.4 Å². The second kappa shape index (κ2) is 7.19. The number of para-hydroxylation sites is 2. The summed E-state index contributed by atoms with van der Waals surface area (Å²) in [5, 5.41) is 0. The van der Waals surface area contributed by atoms with Gasteiger partial charge in [-0.2, -0.15) is 0 Å². The van der Waals surface area contributed by atoms with E-state index in [0.717, 1.165) is 23.9 Å². The third-order valence-electron chi connectivity index (χ3n) is 4.52. The van der Waals surface area contributed by atoms with Gasteiger partial charge >= 0.3 is 5.69 Å². The molecule has 0 spiro atoms. The van der Waals surface area contributed by atoms with Gasteiger partial charge in [0.1, 0.15) is 0 Å². The number of benzene rings is 1. The molecule has 1 fully saturated rings. The molecule has 6 nitrogen and oxygen atoms in total. The zero-order chi connectivity index (χ0) is 15.7. The Labute approximate surface area is 141 Å². The molecular weight excluding hydrogens is 316 g/mol. The molecule has 23 heavy (non-hydrogen) atoms. The molecule has 3 N–H and O–H groups in total. The molecule has 0 radical (unpaired) electrons. The molecule has 0 bridgehead atoms. The number of likely N-dealkylation sites (tertiary alicyclic amines) is 1. The highest BCUT2D eigenvalue weighted by atomic mass is 35.5. The summed E-state index contributed by atoms with van der Waals surface area (Å²) in [5.74, 6) is 0.0206. The Hall–Kier alpha value is -1.79. The molecule has 1 atom stereocenters. The van der Waals surface area contributed by atoms with Gasteiger partial charge in [0.2, 0.25) is 5.91 Å². The van der Waals surface area contributed by atoms with Crippen molar-refractivity contribution in [3.05, 3.63) is 34.7 Å². The second-order valence-electron chi connectivity index (χ2n) is 5.89. The molecule has 0 saturated carbocycles. The van der Waals surface area contributed by atoms with Gasteiger partial charge in [-0.1, -0.05) is 19.1 Å². The van der Waals surface area contributed by atoms with Crippen molar-refractivity contribution in [3.63, 3.8) is 0 Å². The molecule has 1 saturated heterocycles. The number of hydrogen-bond acceptors (Lipinski definition) is 3. The number of halogens is 1. The van der Waals surface area contributed by atoms with Crippen LogP contribution in [0.15, 0.2) is 29.1 Å².